The van der Waals surface area contributed by atoms with Crippen molar-refractivity contribution in [2.75, 3.05) is 18.0 Å². The Morgan fingerprint density at radius 2 is 2.00 bits per heavy atom. The third-order valence-corrected chi connectivity index (χ3v) is 4.14. The van der Waals surface area contributed by atoms with E-state index in [1.54, 1.807) is 36.3 Å². The molecule has 1 aliphatic rings. The highest BCUT2D eigenvalue weighted by molar-refractivity contribution is 5.92. The Labute approximate surface area is 139 Å². The van der Waals surface area contributed by atoms with Crippen LogP contribution >= 0.6 is 0 Å². The summed E-state index contributed by atoms with van der Waals surface area (Å²) in [6.45, 7) is 1.57. The number of rotatable bonds is 4. The molecule has 0 aliphatic carbocycles. The van der Waals surface area contributed by atoms with Crippen LogP contribution < -0.4 is 16.0 Å². The predicted molar refractivity (Wildman–Crippen MR) is 88.7 cm³/mol. The van der Waals surface area contributed by atoms with E-state index in [0.29, 0.717) is 5.69 Å². The van der Waals surface area contributed by atoms with Crippen molar-refractivity contribution >= 4 is 17.5 Å². The van der Waals surface area contributed by atoms with E-state index in [0.717, 1.165) is 31.6 Å². The molecule has 3 N–H and O–H groups in total. The van der Waals surface area contributed by atoms with E-state index in [1.165, 1.54) is 0 Å². The minimum absolute atomic E-state index is 0.119. The number of carbonyl (C=O) groups excluding carboxylic acids is 2. The van der Waals surface area contributed by atoms with Crippen LogP contribution in [0.4, 0.5) is 5.69 Å². The molecule has 3 rings (SSSR count). The Morgan fingerprint density at radius 1 is 1.25 bits per heavy atom. The molecule has 1 aliphatic heterocycles. The lowest BCUT2D eigenvalue weighted by Crippen LogP contribution is -2.44. The molecule has 0 saturated carbocycles. The second-order valence-electron chi connectivity index (χ2n) is 5.87. The summed E-state index contributed by atoms with van der Waals surface area (Å²) in [6, 6.07) is 5.38. The smallest absolute Gasteiger partial charge is 0.271 e. The molecule has 0 aromatic carbocycles. The molecule has 3 heterocycles. The fraction of sp³-hybridized carbons (Fsp3) is 0.375. The minimum atomic E-state index is -0.533. The molecule has 126 valence electrons. The van der Waals surface area contributed by atoms with Crippen LogP contribution in [0.15, 0.2) is 30.6 Å². The molecule has 0 unspecified atom stereocenters. The minimum Gasteiger partial charge on any atom is -0.371 e. The van der Waals surface area contributed by atoms with Gasteiger partial charge < -0.3 is 16.0 Å². The van der Waals surface area contributed by atoms with E-state index in [-0.39, 0.29) is 17.6 Å². The zero-order chi connectivity index (χ0) is 17.1. The molecule has 1 saturated heterocycles. The van der Waals surface area contributed by atoms with Crippen LogP contribution in [-0.2, 0) is 7.05 Å². The first-order valence-electron chi connectivity index (χ1n) is 7.84. The number of carbonyl (C=O) groups is 2. The monoisotopic (exact) mass is 328 g/mol. The van der Waals surface area contributed by atoms with Gasteiger partial charge in [0.2, 0.25) is 0 Å². The summed E-state index contributed by atoms with van der Waals surface area (Å²) in [5.41, 5.74) is 6.89. The number of primary amides is 1. The van der Waals surface area contributed by atoms with E-state index >= 15 is 0 Å². The van der Waals surface area contributed by atoms with E-state index in [2.05, 4.69) is 20.3 Å². The Bertz CT molecular complexity index is 749. The van der Waals surface area contributed by atoms with Gasteiger partial charge in [-0.15, -0.1) is 0 Å². The standard InChI is InChI=1S/C16H20N6O2/c1-21-7-5-13(20-21)16(24)19-11-3-8-22(9-4-11)12-2-6-18-14(10-12)15(17)23/h2,5-7,10-11H,3-4,8-9H2,1H3,(H2,17,23)(H,19,24). The number of hydrogen-bond donors (Lipinski definition) is 2. The van der Waals surface area contributed by atoms with Crippen LogP contribution in [0.1, 0.15) is 33.8 Å². The van der Waals surface area contributed by atoms with Crippen molar-refractivity contribution in [3.8, 4) is 0 Å². The summed E-state index contributed by atoms with van der Waals surface area (Å²) < 4.78 is 1.61. The number of nitrogens with zero attached hydrogens (tertiary/aromatic N) is 4. The lowest BCUT2D eigenvalue weighted by Gasteiger charge is -2.33. The maximum Gasteiger partial charge on any atom is 0.271 e. The molecule has 0 radical (unpaired) electrons. The summed E-state index contributed by atoms with van der Waals surface area (Å²) in [4.78, 5) is 29.5. The van der Waals surface area contributed by atoms with Crippen molar-refractivity contribution in [2.24, 2.45) is 12.8 Å². The van der Waals surface area contributed by atoms with Crippen molar-refractivity contribution < 1.29 is 9.59 Å². The van der Waals surface area contributed by atoms with Gasteiger partial charge in [-0.1, -0.05) is 0 Å². The Morgan fingerprint density at radius 3 is 2.62 bits per heavy atom. The molecular formula is C16H20N6O2. The first-order chi connectivity index (χ1) is 11.5. The second kappa shape index (κ2) is 6.69. The zero-order valence-corrected chi connectivity index (χ0v) is 13.5. The lowest BCUT2D eigenvalue weighted by molar-refractivity contribution is 0.0924. The van der Waals surface area contributed by atoms with Gasteiger partial charge in [-0.05, 0) is 31.0 Å². The van der Waals surface area contributed by atoms with Crippen molar-refractivity contribution in [2.45, 2.75) is 18.9 Å². The largest absolute Gasteiger partial charge is 0.371 e. The summed E-state index contributed by atoms with van der Waals surface area (Å²) in [6.07, 6.45) is 4.99. The maximum absolute atomic E-state index is 12.1. The average Bonchev–Trinajstić information content (AvgIpc) is 3.02. The van der Waals surface area contributed by atoms with E-state index in [4.69, 9.17) is 5.73 Å². The maximum atomic E-state index is 12.1. The summed E-state index contributed by atoms with van der Waals surface area (Å²) >= 11 is 0. The fourth-order valence-electron chi connectivity index (χ4n) is 2.83. The molecule has 8 heteroatoms. The highest BCUT2D eigenvalue weighted by Gasteiger charge is 2.22. The summed E-state index contributed by atoms with van der Waals surface area (Å²) in [5.74, 6) is -0.677. The molecule has 0 spiro atoms. The van der Waals surface area contributed by atoms with Crippen molar-refractivity contribution in [1.82, 2.24) is 20.1 Å². The number of aromatic nitrogens is 3. The quantitative estimate of drug-likeness (QED) is 0.840. The van der Waals surface area contributed by atoms with Gasteiger partial charge in [-0.3, -0.25) is 19.3 Å². The molecule has 1 fully saturated rings. The number of aryl methyl sites for hydroxylation is 1. The Balaban J connectivity index is 1.57. The topological polar surface area (TPSA) is 106 Å². The normalized spacial score (nSPS) is 15.3. The second-order valence-corrected chi connectivity index (χ2v) is 5.87. The predicted octanol–water partition coefficient (Wildman–Crippen LogP) is 0.313. The van der Waals surface area contributed by atoms with Crippen molar-refractivity contribution in [3.05, 3.63) is 42.0 Å². The molecule has 2 amide bonds. The van der Waals surface area contributed by atoms with E-state index in [9.17, 15) is 9.59 Å². The van der Waals surface area contributed by atoms with Gasteiger partial charge in [0.1, 0.15) is 11.4 Å². The van der Waals surface area contributed by atoms with Crippen LogP contribution in [0.2, 0.25) is 0 Å². The third kappa shape index (κ3) is 3.53. The number of hydrogen-bond acceptors (Lipinski definition) is 5. The lowest BCUT2D eigenvalue weighted by atomic mass is 10.0. The number of anilines is 1. The summed E-state index contributed by atoms with van der Waals surface area (Å²) in [7, 11) is 1.78. The first-order valence-corrected chi connectivity index (χ1v) is 7.84. The van der Waals surface area contributed by atoms with Crippen LogP contribution in [0.5, 0.6) is 0 Å². The molecular weight excluding hydrogens is 308 g/mol. The van der Waals surface area contributed by atoms with Gasteiger partial charge in [0.15, 0.2) is 0 Å². The average molecular weight is 328 g/mol. The highest BCUT2D eigenvalue weighted by Crippen LogP contribution is 2.20. The number of nitrogens with one attached hydrogen (secondary N) is 1. The van der Waals surface area contributed by atoms with Gasteiger partial charge in [-0.25, -0.2) is 0 Å². The van der Waals surface area contributed by atoms with Crippen LogP contribution in [0.25, 0.3) is 0 Å². The zero-order valence-electron chi connectivity index (χ0n) is 13.5. The van der Waals surface area contributed by atoms with Gasteiger partial charge in [0.25, 0.3) is 11.8 Å². The number of nitrogens with two attached hydrogens (primary N) is 1. The SMILES string of the molecule is Cn1ccc(C(=O)NC2CCN(c3ccnc(C(N)=O)c3)CC2)n1. The number of piperidine rings is 1. The number of amides is 2. The molecule has 24 heavy (non-hydrogen) atoms. The Kier molecular flexibility index (Phi) is 4.45. The first kappa shape index (κ1) is 16.0. The van der Waals surface area contributed by atoms with Gasteiger partial charge in [0, 0.05) is 44.3 Å². The van der Waals surface area contributed by atoms with Gasteiger partial charge >= 0.3 is 0 Å². The van der Waals surface area contributed by atoms with E-state index in [1.807, 2.05) is 6.07 Å². The summed E-state index contributed by atoms with van der Waals surface area (Å²) in [5, 5.41) is 7.13. The van der Waals surface area contributed by atoms with Crippen molar-refractivity contribution in [3.63, 3.8) is 0 Å². The molecule has 8 nitrogen and oxygen atoms in total. The van der Waals surface area contributed by atoms with Gasteiger partial charge in [-0.2, -0.15) is 5.10 Å². The van der Waals surface area contributed by atoms with Gasteiger partial charge in [0.05, 0.1) is 0 Å². The molecule has 2 aromatic rings. The molecule has 0 atom stereocenters. The van der Waals surface area contributed by atoms with Crippen molar-refractivity contribution in [1.29, 1.82) is 0 Å². The van der Waals surface area contributed by atoms with Crippen LogP contribution in [0, 0.1) is 0 Å². The van der Waals surface area contributed by atoms with Crippen LogP contribution in [-0.4, -0.2) is 45.7 Å². The third-order valence-electron chi connectivity index (χ3n) is 4.14. The van der Waals surface area contributed by atoms with E-state index < -0.39 is 5.91 Å². The molecule has 2 aromatic heterocycles. The molecule has 0 bridgehead atoms. The van der Waals surface area contributed by atoms with Crippen LogP contribution in [0.3, 0.4) is 0 Å². The highest BCUT2D eigenvalue weighted by atomic mass is 16.2. The fourth-order valence-corrected chi connectivity index (χ4v) is 2.83. The Hall–Kier alpha value is -2.90. The number of pyridine rings is 1.